The fourth-order valence-corrected chi connectivity index (χ4v) is 3.81. The fraction of sp³-hybridized carbons (Fsp3) is 0.217. The molecule has 7 heteroatoms. The van der Waals surface area contributed by atoms with Gasteiger partial charge in [-0.15, -0.1) is 0 Å². The monoisotopic (exact) mass is 407 g/mol. The molecule has 2 aromatic carbocycles. The Balaban J connectivity index is 1.64. The van der Waals surface area contributed by atoms with Crippen LogP contribution < -0.4 is 10.6 Å². The smallest absolute Gasteiger partial charge is 0.253 e. The Labute approximate surface area is 173 Å². The molecule has 0 bridgehead atoms. The van der Waals surface area contributed by atoms with Crippen molar-refractivity contribution in [1.82, 2.24) is 9.88 Å². The Morgan fingerprint density at radius 3 is 2.77 bits per heavy atom. The average Bonchev–Trinajstić information content (AvgIpc) is 3.10. The molecule has 0 saturated heterocycles. The molecule has 2 heterocycles. The van der Waals surface area contributed by atoms with E-state index in [9.17, 15) is 19.1 Å². The Bertz CT molecular complexity index is 1150. The third-order valence-electron chi connectivity index (χ3n) is 5.39. The normalized spacial score (nSPS) is 16.3. The van der Waals surface area contributed by atoms with E-state index >= 15 is 0 Å². The van der Waals surface area contributed by atoms with Crippen LogP contribution in [0.5, 0.6) is 0 Å². The van der Waals surface area contributed by atoms with E-state index in [4.69, 9.17) is 0 Å². The topological polar surface area (TPSA) is 83.4 Å². The molecule has 154 valence electrons. The zero-order valence-electron chi connectivity index (χ0n) is 16.5. The Morgan fingerprint density at radius 2 is 2.03 bits per heavy atom. The van der Waals surface area contributed by atoms with E-state index in [1.807, 2.05) is 35.9 Å². The number of carbonyl (C=O) groups is 2. The summed E-state index contributed by atoms with van der Waals surface area (Å²) in [6.07, 6.45) is 3.44. The SMILES string of the molecule is Cc1cc2ccn(CCO)c2cc1NC(=O)C1=CNC(=O)C[C@H]1c1ccc(F)cc1. The number of hydrogen-bond donors (Lipinski definition) is 3. The second-order valence-corrected chi connectivity index (χ2v) is 7.39. The number of aryl methyl sites for hydroxylation is 1. The average molecular weight is 407 g/mol. The van der Waals surface area contributed by atoms with E-state index in [-0.39, 0.29) is 30.7 Å². The molecule has 0 unspecified atom stereocenters. The molecule has 6 nitrogen and oxygen atoms in total. The molecule has 30 heavy (non-hydrogen) atoms. The van der Waals surface area contributed by atoms with Crippen molar-refractivity contribution in [2.75, 3.05) is 11.9 Å². The first kappa shape index (κ1) is 19.8. The second kappa shape index (κ2) is 8.12. The standard InChI is InChI=1S/C23H22FN3O3/c1-14-10-16-6-7-27(8-9-28)21(16)12-20(14)26-23(30)19-13-25-22(29)11-18(19)15-2-4-17(24)5-3-15/h2-7,10,12-13,18,28H,8-9,11H2,1H3,(H,25,29)(H,26,30)/t18-/m0/s1. The van der Waals surface area contributed by atoms with Gasteiger partial charge < -0.3 is 20.3 Å². The van der Waals surface area contributed by atoms with Gasteiger partial charge in [0.25, 0.3) is 5.91 Å². The lowest BCUT2D eigenvalue weighted by molar-refractivity contribution is -0.121. The first-order chi connectivity index (χ1) is 14.5. The maximum absolute atomic E-state index is 13.3. The van der Waals surface area contributed by atoms with Gasteiger partial charge in [0, 0.05) is 42.5 Å². The van der Waals surface area contributed by atoms with Crippen molar-refractivity contribution in [2.45, 2.75) is 25.8 Å². The number of fused-ring (bicyclic) bond motifs is 1. The van der Waals surface area contributed by atoms with Gasteiger partial charge >= 0.3 is 0 Å². The number of rotatable bonds is 5. The van der Waals surface area contributed by atoms with Gasteiger partial charge in [0.05, 0.1) is 12.1 Å². The minimum atomic E-state index is -0.457. The summed E-state index contributed by atoms with van der Waals surface area (Å²) in [4.78, 5) is 25.0. The van der Waals surface area contributed by atoms with Crippen molar-refractivity contribution in [3.05, 3.63) is 77.4 Å². The Hall–Kier alpha value is -3.45. The van der Waals surface area contributed by atoms with Crippen LogP contribution in [0.25, 0.3) is 10.9 Å². The summed E-state index contributed by atoms with van der Waals surface area (Å²) < 4.78 is 15.2. The van der Waals surface area contributed by atoms with Crippen molar-refractivity contribution in [3.63, 3.8) is 0 Å². The number of halogens is 1. The van der Waals surface area contributed by atoms with Crippen molar-refractivity contribution in [2.24, 2.45) is 0 Å². The zero-order valence-corrected chi connectivity index (χ0v) is 16.5. The van der Waals surface area contributed by atoms with Crippen molar-refractivity contribution in [3.8, 4) is 0 Å². The minimum absolute atomic E-state index is 0.0191. The third-order valence-corrected chi connectivity index (χ3v) is 5.39. The molecule has 3 N–H and O–H groups in total. The van der Waals surface area contributed by atoms with Gasteiger partial charge in [0.15, 0.2) is 0 Å². The molecule has 0 fully saturated rings. The molecular weight excluding hydrogens is 385 g/mol. The van der Waals surface area contributed by atoms with Crippen molar-refractivity contribution in [1.29, 1.82) is 0 Å². The zero-order chi connectivity index (χ0) is 21.3. The third kappa shape index (κ3) is 3.84. The number of anilines is 1. The van der Waals surface area contributed by atoms with Gasteiger partial charge in [-0.25, -0.2) is 4.39 Å². The summed E-state index contributed by atoms with van der Waals surface area (Å²) in [5, 5.41) is 15.8. The number of aliphatic hydroxyl groups excluding tert-OH is 1. The van der Waals surface area contributed by atoms with Gasteiger partial charge in [-0.3, -0.25) is 9.59 Å². The summed E-state index contributed by atoms with van der Waals surface area (Å²) >= 11 is 0. The molecule has 1 aromatic heterocycles. The summed E-state index contributed by atoms with van der Waals surface area (Å²) in [5.74, 6) is -1.35. The summed E-state index contributed by atoms with van der Waals surface area (Å²) in [6, 6.07) is 11.7. The molecule has 4 rings (SSSR count). The molecule has 2 amide bonds. The number of nitrogens with one attached hydrogen (secondary N) is 2. The number of nitrogens with zero attached hydrogens (tertiary/aromatic N) is 1. The van der Waals surface area contributed by atoms with Gasteiger partial charge in [0.1, 0.15) is 5.82 Å². The lowest BCUT2D eigenvalue weighted by Gasteiger charge is -2.24. The molecule has 1 aliphatic rings. The summed E-state index contributed by atoms with van der Waals surface area (Å²) in [5.41, 5.74) is 3.58. The van der Waals surface area contributed by atoms with Crippen molar-refractivity contribution < 1.29 is 19.1 Å². The summed E-state index contributed by atoms with van der Waals surface area (Å²) in [6.45, 7) is 2.39. The van der Waals surface area contributed by atoms with Crippen LogP contribution in [0.1, 0.15) is 23.5 Å². The summed E-state index contributed by atoms with van der Waals surface area (Å²) in [7, 11) is 0. The first-order valence-corrected chi connectivity index (χ1v) is 9.73. The fourth-order valence-electron chi connectivity index (χ4n) is 3.81. The predicted octanol–water partition coefficient (Wildman–Crippen LogP) is 3.21. The van der Waals surface area contributed by atoms with Crippen molar-refractivity contribution >= 4 is 28.4 Å². The highest BCUT2D eigenvalue weighted by molar-refractivity contribution is 6.07. The van der Waals surface area contributed by atoms with Crippen LogP contribution in [0.4, 0.5) is 10.1 Å². The maximum Gasteiger partial charge on any atom is 0.253 e. The second-order valence-electron chi connectivity index (χ2n) is 7.39. The number of aromatic nitrogens is 1. The number of benzene rings is 2. The van der Waals surface area contributed by atoms with Gasteiger partial charge in [0.2, 0.25) is 5.91 Å². The molecule has 1 atom stereocenters. The molecule has 0 radical (unpaired) electrons. The van der Waals surface area contributed by atoms with E-state index in [2.05, 4.69) is 10.6 Å². The molecule has 0 saturated carbocycles. The highest BCUT2D eigenvalue weighted by Gasteiger charge is 2.29. The molecule has 0 aliphatic carbocycles. The number of hydrogen-bond acceptors (Lipinski definition) is 3. The van der Waals surface area contributed by atoms with Crippen LogP contribution in [-0.2, 0) is 16.1 Å². The van der Waals surface area contributed by atoms with Crippen LogP contribution in [0.2, 0.25) is 0 Å². The minimum Gasteiger partial charge on any atom is -0.395 e. The molecule has 0 spiro atoms. The lowest BCUT2D eigenvalue weighted by atomic mass is 9.86. The highest BCUT2D eigenvalue weighted by atomic mass is 19.1. The van der Waals surface area contributed by atoms with Crippen LogP contribution in [0.15, 0.2) is 60.4 Å². The number of amides is 2. The quantitative estimate of drug-likeness (QED) is 0.607. The van der Waals surface area contributed by atoms with E-state index < -0.39 is 5.92 Å². The van der Waals surface area contributed by atoms with Crippen LogP contribution in [0, 0.1) is 12.7 Å². The molecular formula is C23H22FN3O3. The number of carbonyl (C=O) groups excluding carboxylic acids is 2. The highest BCUT2D eigenvalue weighted by Crippen LogP contribution is 2.32. The van der Waals surface area contributed by atoms with E-state index in [1.54, 1.807) is 12.1 Å². The lowest BCUT2D eigenvalue weighted by Crippen LogP contribution is -2.32. The van der Waals surface area contributed by atoms with E-state index in [1.165, 1.54) is 18.3 Å². The van der Waals surface area contributed by atoms with Gasteiger partial charge in [-0.2, -0.15) is 0 Å². The predicted molar refractivity (Wildman–Crippen MR) is 112 cm³/mol. The van der Waals surface area contributed by atoms with Crippen LogP contribution in [0.3, 0.4) is 0 Å². The van der Waals surface area contributed by atoms with Crippen LogP contribution >= 0.6 is 0 Å². The molecule has 1 aliphatic heterocycles. The molecule has 3 aromatic rings. The Kier molecular flexibility index (Phi) is 5.37. The van der Waals surface area contributed by atoms with Crippen LogP contribution in [-0.4, -0.2) is 28.1 Å². The van der Waals surface area contributed by atoms with Gasteiger partial charge in [-0.1, -0.05) is 12.1 Å². The van der Waals surface area contributed by atoms with E-state index in [0.29, 0.717) is 23.4 Å². The maximum atomic E-state index is 13.3. The van der Waals surface area contributed by atoms with Gasteiger partial charge in [-0.05, 0) is 53.8 Å². The largest absolute Gasteiger partial charge is 0.395 e. The Morgan fingerprint density at radius 1 is 1.27 bits per heavy atom. The first-order valence-electron chi connectivity index (χ1n) is 9.73. The van der Waals surface area contributed by atoms with E-state index in [0.717, 1.165) is 16.5 Å². The number of aliphatic hydroxyl groups is 1.